The van der Waals surface area contributed by atoms with E-state index in [-0.39, 0.29) is 6.04 Å². The van der Waals surface area contributed by atoms with E-state index >= 15 is 0 Å². The summed E-state index contributed by atoms with van der Waals surface area (Å²) in [5, 5.41) is 0.749. The number of furan rings is 1. The fourth-order valence-electron chi connectivity index (χ4n) is 2.24. The van der Waals surface area contributed by atoms with Gasteiger partial charge in [-0.1, -0.05) is 18.5 Å². The maximum Gasteiger partial charge on any atom is 0.123 e. The van der Waals surface area contributed by atoms with Crippen LogP contribution in [0.4, 0.5) is 5.69 Å². The topological polar surface area (TPSA) is 42.4 Å². The maximum absolute atomic E-state index is 6.11. The van der Waals surface area contributed by atoms with Crippen LogP contribution in [0.25, 0.3) is 0 Å². The van der Waals surface area contributed by atoms with Crippen molar-refractivity contribution in [3.63, 3.8) is 0 Å². The van der Waals surface area contributed by atoms with E-state index in [1.807, 2.05) is 37.4 Å². The molecule has 0 aliphatic heterocycles. The van der Waals surface area contributed by atoms with Crippen molar-refractivity contribution < 1.29 is 4.42 Å². The molecule has 0 radical (unpaired) electrons. The average molecular weight is 293 g/mol. The molecule has 0 spiro atoms. The van der Waals surface area contributed by atoms with Gasteiger partial charge < -0.3 is 15.1 Å². The summed E-state index contributed by atoms with van der Waals surface area (Å²) in [5.41, 5.74) is 8.41. The molecule has 2 rings (SSSR count). The van der Waals surface area contributed by atoms with Crippen LogP contribution in [-0.4, -0.2) is 13.1 Å². The summed E-state index contributed by atoms with van der Waals surface area (Å²) in [4.78, 5) is 2.16. The number of hydrogen-bond donors (Lipinski definition) is 1. The van der Waals surface area contributed by atoms with Crippen LogP contribution in [-0.2, 0) is 13.0 Å². The number of rotatable bonds is 6. The Morgan fingerprint density at radius 2 is 2.15 bits per heavy atom. The Kier molecular flexibility index (Phi) is 5.10. The molecule has 0 bridgehead atoms. The molecular formula is C16H21ClN2O. The van der Waals surface area contributed by atoms with Crippen LogP contribution in [0.3, 0.4) is 0 Å². The molecule has 4 heteroatoms. The highest BCUT2D eigenvalue weighted by atomic mass is 35.5. The largest absolute Gasteiger partial charge is 0.467 e. The first-order valence-corrected chi connectivity index (χ1v) is 7.25. The Labute approximate surface area is 125 Å². The van der Waals surface area contributed by atoms with Gasteiger partial charge in [0.2, 0.25) is 0 Å². The molecule has 1 heterocycles. The van der Waals surface area contributed by atoms with Crippen molar-refractivity contribution >= 4 is 17.3 Å². The lowest BCUT2D eigenvalue weighted by atomic mass is 10.0. The summed E-state index contributed by atoms with van der Waals surface area (Å²) in [6, 6.07) is 10.00. The monoisotopic (exact) mass is 292 g/mol. The van der Waals surface area contributed by atoms with Crippen LogP contribution in [0, 0.1) is 0 Å². The van der Waals surface area contributed by atoms with Gasteiger partial charge in [0.25, 0.3) is 0 Å². The molecule has 0 saturated carbocycles. The minimum atomic E-state index is 0.157. The third-order valence-corrected chi connectivity index (χ3v) is 3.67. The molecule has 1 unspecified atom stereocenters. The van der Waals surface area contributed by atoms with E-state index in [1.165, 1.54) is 5.56 Å². The standard InChI is InChI=1S/C16H21ClN2O/c1-3-14(18)10-12-9-13(17)6-7-16(12)19(2)11-15-5-4-8-20-15/h4-9,14H,3,10-11,18H2,1-2H3. The highest BCUT2D eigenvalue weighted by Crippen LogP contribution is 2.26. The second kappa shape index (κ2) is 6.82. The Morgan fingerprint density at radius 3 is 2.80 bits per heavy atom. The van der Waals surface area contributed by atoms with Crippen molar-refractivity contribution in [3.05, 3.63) is 52.9 Å². The fourth-order valence-corrected chi connectivity index (χ4v) is 2.43. The summed E-state index contributed by atoms with van der Waals surface area (Å²) in [6.07, 6.45) is 3.47. The first-order valence-electron chi connectivity index (χ1n) is 6.87. The van der Waals surface area contributed by atoms with E-state index < -0.39 is 0 Å². The van der Waals surface area contributed by atoms with E-state index in [0.717, 1.165) is 35.9 Å². The minimum absolute atomic E-state index is 0.157. The fraction of sp³-hybridized carbons (Fsp3) is 0.375. The molecule has 108 valence electrons. The highest BCUT2D eigenvalue weighted by Gasteiger charge is 2.12. The van der Waals surface area contributed by atoms with Crippen LogP contribution in [0.1, 0.15) is 24.7 Å². The van der Waals surface area contributed by atoms with Crippen LogP contribution >= 0.6 is 11.6 Å². The van der Waals surface area contributed by atoms with Gasteiger partial charge in [-0.25, -0.2) is 0 Å². The Morgan fingerprint density at radius 1 is 1.35 bits per heavy atom. The van der Waals surface area contributed by atoms with Crippen LogP contribution < -0.4 is 10.6 Å². The number of anilines is 1. The van der Waals surface area contributed by atoms with Crippen molar-refractivity contribution in [3.8, 4) is 0 Å². The zero-order valence-electron chi connectivity index (χ0n) is 12.0. The zero-order chi connectivity index (χ0) is 14.5. The van der Waals surface area contributed by atoms with Gasteiger partial charge in [-0.05, 0) is 48.7 Å². The predicted octanol–water partition coefficient (Wildman–Crippen LogP) is 3.85. The van der Waals surface area contributed by atoms with E-state index in [2.05, 4.69) is 11.8 Å². The molecule has 0 fully saturated rings. The lowest BCUT2D eigenvalue weighted by Gasteiger charge is -2.23. The molecular weight excluding hydrogens is 272 g/mol. The van der Waals surface area contributed by atoms with Gasteiger partial charge in [-0.15, -0.1) is 0 Å². The number of halogens is 1. The number of nitrogens with zero attached hydrogens (tertiary/aromatic N) is 1. The molecule has 1 atom stereocenters. The second-order valence-corrected chi connectivity index (χ2v) is 5.52. The van der Waals surface area contributed by atoms with Gasteiger partial charge in [-0.3, -0.25) is 0 Å². The molecule has 0 saturated heterocycles. The van der Waals surface area contributed by atoms with Gasteiger partial charge in [0, 0.05) is 23.8 Å². The van der Waals surface area contributed by atoms with Gasteiger partial charge in [-0.2, -0.15) is 0 Å². The molecule has 1 aromatic heterocycles. The van der Waals surface area contributed by atoms with E-state index in [4.69, 9.17) is 21.8 Å². The first-order chi connectivity index (χ1) is 9.60. The molecule has 0 amide bonds. The molecule has 1 aromatic carbocycles. The quantitative estimate of drug-likeness (QED) is 0.879. The Balaban J connectivity index is 2.20. The minimum Gasteiger partial charge on any atom is -0.467 e. The molecule has 0 aliphatic carbocycles. The van der Waals surface area contributed by atoms with Crippen LogP contribution in [0.5, 0.6) is 0 Å². The van der Waals surface area contributed by atoms with Crippen molar-refractivity contribution in [1.82, 2.24) is 0 Å². The third-order valence-electron chi connectivity index (χ3n) is 3.43. The molecule has 2 N–H and O–H groups in total. The highest BCUT2D eigenvalue weighted by molar-refractivity contribution is 6.30. The SMILES string of the molecule is CCC(N)Cc1cc(Cl)ccc1N(C)Cc1ccco1. The van der Waals surface area contributed by atoms with E-state index in [0.29, 0.717) is 0 Å². The third kappa shape index (κ3) is 3.78. The summed E-state index contributed by atoms with van der Waals surface area (Å²) >= 11 is 6.11. The smallest absolute Gasteiger partial charge is 0.123 e. The van der Waals surface area contributed by atoms with E-state index in [1.54, 1.807) is 6.26 Å². The van der Waals surface area contributed by atoms with Gasteiger partial charge >= 0.3 is 0 Å². The van der Waals surface area contributed by atoms with Crippen molar-refractivity contribution in [2.45, 2.75) is 32.4 Å². The van der Waals surface area contributed by atoms with Gasteiger partial charge in [0.05, 0.1) is 12.8 Å². The van der Waals surface area contributed by atoms with Crippen molar-refractivity contribution in [2.24, 2.45) is 5.73 Å². The molecule has 2 aromatic rings. The lowest BCUT2D eigenvalue weighted by Crippen LogP contribution is -2.24. The molecule has 3 nitrogen and oxygen atoms in total. The van der Waals surface area contributed by atoms with Gasteiger partial charge in [0.1, 0.15) is 5.76 Å². The Bertz CT molecular complexity index is 539. The normalized spacial score (nSPS) is 12.4. The zero-order valence-corrected chi connectivity index (χ0v) is 12.7. The predicted molar refractivity (Wildman–Crippen MR) is 84.2 cm³/mol. The maximum atomic E-state index is 6.11. The van der Waals surface area contributed by atoms with Crippen molar-refractivity contribution in [1.29, 1.82) is 0 Å². The number of benzene rings is 1. The molecule has 0 aliphatic rings. The molecule has 20 heavy (non-hydrogen) atoms. The summed E-state index contributed by atoms with van der Waals surface area (Å²) in [6.45, 7) is 2.82. The van der Waals surface area contributed by atoms with Crippen LogP contribution in [0.2, 0.25) is 5.02 Å². The summed E-state index contributed by atoms with van der Waals surface area (Å²) in [7, 11) is 2.05. The summed E-state index contributed by atoms with van der Waals surface area (Å²) in [5.74, 6) is 0.938. The van der Waals surface area contributed by atoms with Gasteiger partial charge in [0.15, 0.2) is 0 Å². The average Bonchev–Trinajstić information content (AvgIpc) is 2.91. The second-order valence-electron chi connectivity index (χ2n) is 5.08. The lowest BCUT2D eigenvalue weighted by molar-refractivity contribution is 0.507. The van der Waals surface area contributed by atoms with Crippen molar-refractivity contribution in [2.75, 3.05) is 11.9 Å². The van der Waals surface area contributed by atoms with Crippen LogP contribution in [0.15, 0.2) is 41.0 Å². The number of hydrogen-bond acceptors (Lipinski definition) is 3. The number of nitrogens with two attached hydrogens (primary N) is 1. The first kappa shape index (κ1) is 14.9. The van der Waals surface area contributed by atoms with E-state index in [9.17, 15) is 0 Å². The Hall–Kier alpha value is -1.45. The summed E-state index contributed by atoms with van der Waals surface area (Å²) < 4.78 is 5.40.